The molecule has 0 saturated carbocycles. The molecular weight excluding hydrogens is 198 g/mol. The largest absolute Gasteiger partial charge is 0.464 e. The Labute approximate surface area is 89.5 Å². The van der Waals surface area contributed by atoms with E-state index in [0.29, 0.717) is 0 Å². The molecule has 1 unspecified atom stereocenters. The molecule has 1 atom stereocenters. The van der Waals surface area contributed by atoms with Gasteiger partial charge in [-0.2, -0.15) is 0 Å². The fourth-order valence-corrected chi connectivity index (χ4v) is 1.51. The van der Waals surface area contributed by atoms with Gasteiger partial charge in [0.05, 0.1) is 6.26 Å². The van der Waals surface area contributed by atoms with Crippen LogP contribution in [0.2, 0.25) is 0 Å². The van der Waals surface area contributed by atoms with Gasteiger partial charge in [0, 0.05) is 11.4 Å². The highest BCUT2D eigenvalue weighted by Gasteiger charge is 2.00. The Kier molecular flexibility index (Phi) is 3.55. The third-order valence-electron chi connectivity index (χ3n) is 2.07. The maximum absolute atomic E-state index is 5.72. The van der Waals surface area contributed by atoms with Crippen molar-refractivity contribution in [1.29, 1.82) is 0 Å². The fourth-order valence-electron chi connectivity index (χ4n) is 1.51. The lowest BCUT2D eigenvalue weighted by Gasteiger charge is -2.04. The van der Waals surface area contributed by atoms with Gasteiger partial charge < -0.3 is 10.2 Å². The van der Waals surface area contributed by atoms with E-state index in [1.807, 2.05) is 19.1 Å². The standard InChI is InChI=1S/C11H13NO.ClH/c1-8(12)6-9-2-3-11-10(7-9)4-5-13-11;/h2-5,7-8H,6,12H2,1H3;1H. The average Bonchev–Trinajstić information content (AvgIpc) is 2.49. The maximum Gasteiger partial charge on any atom is 0.133 e. The molecule has 0 radical (unpaired) electrons. The van der Waals surface area contributed by atoms with Crippen LogP contribution in [-0.2, 0) is 6.42 Å². The van der Waals surface area contributed by atoms with Crippen LogP contribution in [0.4, 0.5) is 0 Å². The van der Waals surface area contributed by atoms with Crippen molar-refractivity contribution in [2.45, 2.75) is 19.4 Å². The van der Waals surface area contributed by atoms with Gasteiger partial charge in [-0.05, 0) is 37.1 Å². The summed E-state index contributed by atoms with van der Waals surface area (Å²) in [7, 11) is 0. The second kappa shape index (κ2) is 4.49. The molecular formula is C11H14ClNO. The van der Waals surface area contributed by atoms with Crippen LogP contribution in [0.5, 0.6) is 0 Å². The van der Waals surface area contributed by atoms with E-state index in [1.165, 1.54) is 5.56 Å². The van der Waals surface area contributed by atoms with Gasteiger partial charge in [0.1, 0.15) is 5.58 Å². The average molecular weight is 212 g/mol. The highest BCUT2D eigenvalue weighted by Crippen LogP contribution is 2.17. The van der Waals surface area contributed by atoms with Gasteiger partial charge in [-0.15, -0.1) is 12.4 Å². The second-order valence-electron chi connectivity index (χ2n) is 3.47. The normalized spacial score (nSPS) is 12.4. The first-order chi connectivity index (χ1) is 6.25. The summed E-state index contributed by atoms with van der Waals surface area (Å²) in [4.78, 5) is 0. The second-order valence-corrected chi connectivity index (χ2v) is 3.47. The van der Waals surface area contributed by atoms with Gasteiger partial charge >= 0.3 is 0 Å². The predicted octanol–water partition coefficient (Wildman–Crippen LogP) is 2.74. The van der Waals surface area contributed by atoms with Crippen LogP contribution in [0.15, 0.2) is 34.9 Å². The fraction of sp³-hybridized carbons (Fsp3) is 0.273. The topological polar surface area (TPSA) is 39.2 Å². The van der Waals surface area contributed by atoms with Crippen molar-refractivity contribution in [1.82, 2.24) is 0 Å². The molecule has 0 spiro atoms. The monoisotopic (exact) mass is 211 g/mol. The first-order valence-corrected chi connectivity index (χ1v) is 4.47. The van der Waals surface area contributed by atoms with E-state index in [9.17, 15) is 0 Å². The van der Waals surface area contributed by atoms with Gasteiger partial charge in [-0.3, -0.25) is 0 Å². The Morgan fingerprint density at radius 1 is 1.36 bits per heavy atom. The molecule has 76 valence electrons. The zero-order chi connectivity index (χ0) is 9.26. The molecule has 3 heteroatoms. The van der Waals surface area contributed by atoms with Crippen LogP contribution in [0.1, 0.15) is 12.5 Å². The molecule has 1 aromatic heterocycles. The molecule has 1 heterocycles. The number of hydrogen-bond acceptors (Lipinski definition) is 2. The molecule has 1 aromatic carbocycles. The van der Waals surface area contributed by atoms with E-state index >= 15 is 0 Å². The quantitative estimate of drug-likeness (QED) is 0.830. The smallest absolute Gasteiger partial charge is 0.133 e. The van der Waals surface area contributed by atoms with Crippen LogP contribution in [0.25, 0.3) is 11.0 Å². The van der Waals surface area contributed by atoms with Gasteiger partial charge in [0.2, 0.25) is 0 Å². The molecule has 0 aliphatic rings. The number of hydrogen-bond donors (Lipinski definition) is 1. The molecule has 14 heavy (non-hydrogen) atoms. The molecule has 2 aromatic rings. The van der Waals surface area contributed by atoms with Crippen LogP contribution >= 0.6 is 12.4 Å². The number of fused-ring (bicyclic) bond motifs is 1. The van der Waals surface area contributed by atoms with E-state index in [-0.39, 0.29) is 18.4 Å². The molecule has 2 N–H and O–H groups in total. The third kappa shape index (κ3) is 2.28. The Hall–Kier alpha value is -0.990. The highest BCUT2D eigenvalue weighted by molar-refractivity contribution is 5.85. The Balaban J connectivity index is 0.000000980. The maximum atomic E-state index is 5.72. The van der Waals surface area contributed by atoms with Crippen LogP contribution in [0.3, 0.4) is 0 Å². The van der Waals surface area contributed by atoms with Crippen molar-refractivity contribution in [3.05, 3.63) is 36.1 Å². The minimum absolute atomic E-state index is 0. The summed E-state index contributed by atoms with van der Waals surface area (Å²) < 4.78 is 5.25. The van der Waals surface area contributed by atoms with Crippen molar-refractivity contribution in [2.24, 2.45) is 5.73 Å². The molecule has 0 bridgehead atoms. The number of furan rings is 1. The van der Waals surface area contributed by atoms with Gasteiger partial charge in [0.15, 0.2) is 0 Å². The zero-order valence-electron chi connectivity index (χ0n) is 8.07. The third-order valence-corrected chi connectivity index (χ3v) is 2.07. The van der Waals surface area contributed by atoms with Crippen LogP contribution in [-0.4, -0.2) is 6.04 Å². The Morgan fingerprint density at radius 3 is 2.86 bits per heavy atom. The summed E-state index contributed by atoms with van der Waals surface area (Å²) in [6, 6.07) is 8.37. The van der Waals surface area contributed by atoms with Gasteiger partial charge in [-0.1, -0.05) is 6.07 Å². The molecule has 0 amide bonds. The molecule has 2 nitrogen and oxygen atoms in total. The molecule has 0 aliphatic carbocycles. The van der Waals surface area contributed by atoms with Crippen LogP contribution in [0, 0.1) is 0 Å². The molecule has 0 fully saturated rings. The number of rotatable bonds is 2. The summed E-state index contributed by atoms with van der Waals surface area (Å²) in [6.07, 6.45) is 2.63. The summed E-state index contributed by atoms with van der Waals surface area (Å²) in [5, 5.41) is 1.15. The first kappa shape index (κ1) is 11.1. The number of halogens is 1. The minimum Gasteiger partial charge on any atom is -0.464 e. The molecule has 2 rings (SSSR count). The number of nitrogens with two attached hydrogens (primary N) is 1. The highest BCUT2D eigenvalue weighted by atomic mass is 35.5. The lowest BCUT2D eigenvalue weighted by molar-refractivity contribution is 0.615. The van der Waals surface area contributed by atoms with Gasteiger partial charge in [-0.25, -0.2) is 0 Å². The first-order valence-electron chi connectivity index (χ1n) is 4.47. The van der Waals surface area contributed by atoms with E-state index in [2.05, 4.69) is 12.1 Å². The van der Waals surface area contributed by atoms with Crippen molar-refractivity contribution in [3.8, 4) is 0 Å². The summed E-state index contributed by atoms with van der Waals surface area (Å²) >= 11 is 0. The Morgan fingerprint density at radius 2 is 2.14 bits per heavy atom. The molecule has 0 aliphatic heterocycles. The summed E-state index contributed by atoms with van der Waals surface area (Å²) in [6.45, 7) is 2.01. The van der Waals surface area contributed by atoms with Crippen LogP contribution < -0.4 is 5.73 Å². The van der Waals surface area contributed by atoms with Gasteiger partial charge in [0.25, 0.3) is 0 Å². The van der Waals surface area contributed by atoms with E-state index in [1.54, 1.807) is 6.26 Å². The van der Waals surface area contributed by atoms with E-state index in [4.69, 9.17) is 10.2 Å². The van der Waals surface area contributed by atoms with E-state index in [0.717, 1.165) is 17.4 Å². The number of benzene rings is 1. The van der Waals surface area contributed by atoms with Crippen molar-refractivity contribution < 1.29 is 4.42 Å². The van der Waals surface area contributed by atoms with E-state index < -0.39 is 0 Å². The minimum atomic E-state index is 0. The van der Waals surface area contributed by atoms with Crippen molar-refractivity contribution >= 4 is 23.4 Å². The lowest BCUT2D eigenvalue weighted by atomic mass is 10.1. The molecule has 0 saturated heterocycles. The predicted molar refractivity (Wildman–Crippen MR) is 60.8 cm³/mol. The SMILES string of the molecule is CC(N)Cc1ccc2occc2c1.Cl. The summed E-state index contributed by atoms with van der Waals surface area (Å²) in [5.41, 5.74) is 7.93. The van der Waals surface area contributed by atoms with Crippen molar-refractivity contribution in [3.63, 3.8) is 0 Å². The zero-order valence-corrected chi connectivity index (χ0v) is 8.88. The Bertz CT molecular complexity index is 408. The van der Waals surface area contributed by atoms with Crippen molar-refractivity contribution in [2.75, 3.05) is 0 Å². The summed E-state index contributed by atoms with van der Waals surface area (Å²) in [5.74, 6) is 0. The lowest BCUT2D eigenvalue weighted by Crippen LogP contribution is -2.17.